The molecule has 1 saturated carbocycles. The Kier molecular flexibility index (Phi) is 9.47. The Bertz CT molecular complexity index is 416. The van der Waals surface area contributed by atoms with Gasteiger partial charge in [-0.2, -0.15) is 0 Å². The molecule has 0 aromatic carbocycles. The molecular weight excluding hydrogens is 284 g/mol. The first-order chi connectivity index (χ1) is 10.9. The van der Waals surface area contributed by atoms with E-state index in [0.717, 1.165) is 25.7 Å². The summed E-state index contributed by atoms with van der Waals surface area (Å²) in [4.78, 5) is 12.4. The van der Waals surface area contributed by atoms with E-state index in [2.05, 4.69) is 39.8 Å². The molecule has 23 heavy (non-hydrogen) atoms. The Hall–Kier alpha value is -0.890. The van der Waals surface area contributed by atoms with Gasteiger partial charge in [-0.15, -0.1) is 0 Å². The van der Waals surface area contributed by atoms with Crippen molar-refractivity contribution in [2.75, 3.05) is 0 Å². The first-order valence-corrected chi connectivity index (χ1v) is 9.43. The van der Waals surface area contributed by atoms with E-state index in [9.17, 15) is 9.90 Å². The molecule has 0 heterocycles. The average Bonchev–Trinajstić information content (AvgIpc) is 2.46. The Labute approximate surface area is 143 Å². The van der Waals surface area contributed by atoms with E-state index < -0.39 is 6.10 Å². The van der Waals surface area contributed by atoms with Crippen molar-refractivity contribution in [3.8, 4) is 0 Å². The van der Waals surface area contributed by atoms with Gasteiger partial charge in [0.25, 0.3) is 0 Å². The Morgan fingerprint density at radius 2 is 1.96 bits per heavy atom. The van der Waals surface area contributed by atoms with Crippen LogP contribution in [0.15, 0.2) is 23.3 Å². The first-order valence-electron chi connectivity index (χ1n) is 9.43. The number of Topliss-reactive ketones (excluding diaryl/α,β-unsaturated/α-hetero) is 1. The van der Waals surface area contributed by atoms with E-state index in [1.165, 1.54) is 30.4 Å². The fourth-order valence-corrected chi connectivity index (χ4v) is 3.45. The van der Waals surface area contributed by atoms with Gasteiger partial charge in [-0.25, -0.2) is 0 Å². The number of carbonyl (C=O) groups is 1. The topological polar surface area (TPSA) is 37.3 Å². The van der Waals surface area contributed by atoms with Crippen molar-refractivity contribution in [2.45, 2.75) is 91.6 Å². The molecule has 0 spiro atoms. The molecule has 132 valence electrons. The number of rotatable bonds is 9. The molecule has 2 nitrogen and oxygen atoms in total. The maximum atomic E-state index is 12.4. The summed E-state index contributed by atoms with van der Waals surface area (Å²) in [5.74, 6) is 0.512. The third-order valence-electron chi connectivity index (χ3n) is 4.97. The summed E-state index contributed by atoms with van der Waals surface area (Å²) in [6.45, 7) is 8.56. The molecule has 1 N–H and O–H groups in total. The van der Waals surface area contributed by atoms with E-state index in [-0.39, 0.29) is 11.7 Å². The number of hydrogen-bond acceptors (Lipinski definition) is 2. The van der Waals surface area contributed by atoms with Crippen LogP contribution in [0.4, 0.5) is 0 Å². The smallest absolute Gasteiger partial charge is 0.139 e. The van der Waals surface area contributed by atoms with Gasteiger partial charge in [0.1, 0.15) is 5.78 Å². The van der Waals surface area contributed by atoms with Crippen LogP contribution in [0.3, 0.4) is 0 Å². The van der Waals surface area contributed by atoms with Crippen molar-refractivity contribution in [3.05, 3.63) is 23.3 Å². The predicted octanol–water partition coefficient (Wildman–Crippen LogP) is 5.61. The molecule has 1 rings (SSSR count). The summed E-state index contributed by atoms with van der Waals surface area (Å²) in [6, 6.07) is 0. The van der Waals surface area contributed by atoms with E-state index in [1.807, 2.05) is 0 Å². The second-order valence-electron chi connectivity index (χ2n) is 7.55. The third-order valence-corrected chi connectivity index (χ3v) is 4.97. The molecule has 3 atom stereocenters. The van der Waals surface area contributed by atoms with E-state index in [1.54, 1.807) is 0 Å². The van der Waals surface area contributed by atoms with Crippen molar-refractivity contribution in [3.63, 3.8) is 0 Å². The van der Waals surface area contributed by atoms with E-state index >= 15 is 0 Å². The monoisotopic (exact) mass is 320 g/mol. The van der Waals surface area contributed by atoms with Gasteiger partial charge in [0, 0.05) is 12.3 Å². The third kappa shape index (κ3) is 7.97. The Balaban J connectivity index is 2.42. The molecule has 0 aromatic rings. The zero-order valence-corrected chi connectivity index (χ0v) is 15.6. The number of unbranched alkanes of at least 4 members (excludes halogenated alkanes) is 2. The van der Waals surface area contributed by atoms with Crippen LogP contribution in [0, 0.1) is 11.8 Å². The van der Waals surface area contributed by atoms with Crippen LogP contribution in [0.2, 0.25) is 0 Å². The van der Waals surface area contributed by atoms with Crippen LogP contribution in [-0.2, 0) is 4.79 Å². The quantitative estimate of drug-likeness (QED) is 0.443. The van der Waals surface area contributed by atoms with Crippen LogP contribution in [0.1, 0.15) is 85.5 Å². The minimum Gasteiger partial charge on any atom is -0.392 e. The SMILES string of the molecule is CCCCCC1CC(=O)C(CC=C(C)CCC=C(C)C)C(O)C1. The predicted molar refractivity (Wildman–Crippen MR) is 98.4 cm³/mol. The molecule has 1 fully saturated rings. The standard InChI is InChI=1S/C21H36O2/c1-5-6-7-11-18-14-20(22)19(21(23)15-18)13-12-17(4)10-8-9-16(2)3/h9,12,18-20,22H,5-8,10-11,13-15H2,1-4H3. The van der Waals surface area contributed by atoms with Crippen LogP contribution in [0.5, 0.6) is 0 Å². The molecule has 0 amide bonds. The summed E-state index contributed by atoms with van der Waals surface area (Å²) < 4.78 is 0. The molecule has 0 aliphatic heterocycles. The molecule has 0 saturated heterocycles. The second kappa shape index (κ2) is 10.8. The molecule has 0 radical (unpaired) electrons. The second-order valence-corrected chi connectivity index (χ2v) is 7.55. The molecular formula is C21H36O2. The molecule has 2 heteroatoms. The highest BCUT2D eigenvalue weighted by atomic mass is 16.3. The van der Waals surface area contributed by atoms with Gasteiger partial charge in [-0.05, 0) is 58.8 Å². The zero-order valence-electron chi connectivity index (χ0n) is 15.6. The highest BCUT2D eigenvalue weighted by molar-refractivity contribution is 5.82. The van der Waals surface area contributed by atoms with E-state index in [4.69, 9.17) is 0 Å². The van der Waals surface area contributed by atoms with Gasteiger partial charge >= 0.3 is 0 Å². The van der Waals surface area contributed by atoms with Gasteiger partial charge in [-0.1, -0.05) is 49.5 Å². The summed E-state index contributed by atoms with van der Waals surface area (Å²) in [6.07, 6.45) is 13.0. The summed E-state index contributed by atoms with van der Waals surface area (Å²) in [5.41, 5.74) is 2.68. The van der Waals surface area contributed by atoms with Crippen molar-refractivity contribution in [2.24, 2.45) is 11.8 Å². The molecule has 1 aliphatic rings. The van der Waals surface area contributed by atoms with Gasteiger partial charge in [0.05, 0.1) is 6.10 Å². The highest BCUT2D eigenvalue weighted by Gasteiger charge is 2.34. The zero-order chi connectivity index (χ0) is 17.2. The number of ketones is 1. The maximum absolute atomic E-state index is 12.4. The molecule has 0 aromatic heterocycles. The van der Waals surface area contributed by atoms with Gasteiger partial charge in [0.15, 0.2) is 0 Å². The highest BCUT2D eigenvalue weighted by Crippen LogP contribution is 2.32. The Morgan fingerprint density at radius 3 is 2.57 bits per heavy atom. The number of aliphatic hydroxyl groups is 1. The average molecular weight is 321 g/mol. The number of allylic oxidation sites excluding steroid dienone is 4. The summed E-state index contributed by atoms with van der Waals surface area (Å²) in [5, 5.41) is 10.4. The molecule has 1 aliphatic carbocycles. The molecule has 0 bridgehead atoms. The van der Waals surface area contributed by atoms with Crippen molar-refractivity contribution in [1.29, 1.82) is 0 Å². The molecule has 3 unspecified atom stereocenters. The van der Waals surface area contributed by atoms with Crippen LogP contribution in [0.25, 0.3) is 0 Å². The van der Waals surface area contributed by atoms with Crippen molar-refractivity contribution in [1.82, 2.24) is 0 Å². The summed E-state index contributed by atoms with van der Waals surface area (Å²) >= 11 is 0. The lowest BCUT2D eigenvalue weighted by Gasteiger charge is -2.31. The normalized spacial score (nSPS) is 25.5. The lowest BCUT2D eigenvalue weighted by molar-refractivity contribution is -0.131. The minimum absolute atomic E-state index is 0.171. The maximum Gasteiger partial charge on any atom is 0.139 e. The van der Waals surface area contributed by atoms with Crippen LogP contribution >= 0.6 is 0 Å². The van der Waals surface area contributed by atoms with Gasteiger partial charge in [-0.3, -0.25) is 4.79 Å². The number of aliphatic hydroxyl groups excluding tert-OH is 1. The first kappa shape index (κ1) is 20.2. The summed E-state index contributed by atoms with van der Waals surface area (Å²) in [7, 11) is 0. The Morgan fingerprint density at radius 1 is 1.22 bits per heavy atom. The van der Waals surface area contributed by atoms with Crippen LogP contribution in [-0.4, -0.2) is 17.0 Å². The number of hydrogen-bond donors (Lipinski definition) is 1. The lowest BCUT2D eigenvalue weighted by atomic mass is 9.75. The minimum atomic E-state index is -0.440. The fourth-order valence-electron chi connectivity index (χ4n) is 3.45. The van der Waals surface area contributed by atoms with Gasteiger partial charge < -0.3 is 5.11 Å². The van der Waals surface area contributed by atoms with Crippen LogP contribution < -0.4 is 0 Å². The fraction of sp³-hybridized carbons (Fsp3) is 0.762. The number of carbonyl (C=O) groups excluding carboxylic acids is 1. The van der Waals surface area contributed by atoms with Gasteiger partial charge in [0.2, 0.25) is 0 Å². The lowest BCUT2D eigenvalue weighted by Crippen LogP contribution is -2.36. The van der Waals surface area contributed by atoms with Crippen molar-refractivity contribution < 1.29 is 9.90 Å². The largest absolute Gasteiger partial charge is 0.392 e. The van der Waals surface area contributed by atoms with E-state index in [0.29, 0.717) is 18.8 Å². The van der Waals surface area contributed by atoms with Crippen molar-refractivity contribution >= 4 is 5.78 Å².